The molecule has 0 spiro atoms. The number of thiocarbonyl (C=S) groups is 1. The minimum absolute atomic E-state index is 0.339. The van der Waals surface area contributed by atoms with Crippen molar-refractivity contribution in [2.24, 2.45) is 0 Å². The van der Waals surface area contributed by atoms with Crippen LogP contribution in [0.4, 0.5) is 27.6 Å². The Hall–Kier alpha value is -1.87. The molecule has 0 radical (unpaired) electrons. The Morgan fingerprint density at radius 1 is 1.00 bits per heavy atom. The first-order valence-corrected chi connectivity index (χ1v) is 8.79. The highest BCUT2D eigenvalue weighted by atomic mass is 32.2. The zero-order valence-corrected chi connectivity index (χ0v) is 14.9. The quantitative estimate of drug-likeness (QED) is 0.373. The van der Waals surface area contributed by atoms with Crippen molar-refractivity contribution in [1.29, 1.82) is 0 Å². The topological polar surface area (TPSA) is 24.1 Å². The van der Waals surface area contributed by atoms with Crippen molar-refractivity contribution in [3.63, 3.8) is 0 Å². The second-order valence-corrected chi connectivity index (χ2v) is 6.70. The molecule has 26 heavy (non-hydrogen) atoms. The number of halogens is 5. The van der Waals surface area contributed by atoms with Crippen LogP contribution >= 0.6 is 24.0 Å². The molecule has 9 heteroatoms. The summed E-state index contributed by atoms with van der Waals surface area (Å²) in [6.07, 6.45) is -3.84. The summed E-state index contributed by atoms with van der Waals surface area (Å²) in [6, 6.07) is 11.3. The zero-order chi connectivity index (χ0) is 19.2. The third kappa shape index (κ3) is 6.80. The molecule has 0 aromatic heterocycles. The molecule has 0 amide bonds. The molecule has 2 nitrogen and oxygen atoms in total. The Bertz CT molecular complexity index is 715. The Morgan fingerprint density at radius 3 is 2.15 bits per heavy atom. The fraction of sp³-hybridized carbons (Fsp3) is 0.235. The van der Waals surface area contributed by atoms with E-state index in [0.29, 0.717) is 40.4 Å². The molecule has 0 aliphatic carbocycles. The molecule has 0 bridgehead atoms. The third-order valence-electron chi connectivity index (χ3n) is 3.32. The van der Waals surface area contributed by atoms with Crippen molar-refractivity contribution in [1.82, 2.24) is 5.32 Å². The molecule has 0 saturated carbocycles. The van der Waals surface area contributed by atoms with E-state index in [1.807, 2.05) is 0 Å². The van der Waals surface area contributed by atoms with E-state index < -0.39 is 17.5 Å². The molecule has 0 aliphatic heterocycles. The summed E-state index contributed by atoms with van der Waals surface area (Å²) >= 11 is 5.59. The fourth-order valence-corrected chi connectivity index (χ4v) is 2.79. The molecule has 2 aromatic rings. The number of thioether (sulfide) groups is 1. The Balaban J connectivity index is 1.76. The summed E-state index contributed by atoms with van der Waals surface area (Å²) in [5.74, 6) is -2.47. The lowest BCUT2D eigenvalue weighted by Gasteiger charge is -2.11. The Labute approximate surface area is 157 Å². The Kier molecular flexibility index (Phi) is 7.22. The SMILES string of the molecule is FC(F)Sc1ccc(NC(=S)NCCc2ccc(C(F)(F)F)cc2)cc1. The van der Waals surface area contributed by atoms with Gasteiger partial charge in [-0.15, -0.1) is 0 Å². The number of anilines is 1. The highest BCUT2D eigenvalue weighted by Gasteiger charge is 2.29. The molecule has 2 rings (SSSR count). The Morgan fingerprint density at radius 2 is 1.62 bits per heavy atom. The highest BCUT2D eigenvalue weighted by molar-refractivity contribution is 7.99. The fourth-order valence-electron chi connectivity index (χ4n) is 2.08. The molecule has 0 saturated heterocycles. The predicted octanol–water partition coefficient (Wildman–Crippen LogP) is 5.55. The lowest BCUT2D eigenvalue weighted by molar-refractivity contribution is -0.137. The van der Waals surface area contributed by atoms with Crippen LogP contribution in [-0.4, -0.2) is 17.4 Å². The first-order chi connectivity index (χ1) is 12.2. The first-order valence-electron chi connectivity index (χ1n) is 7.50. The average Bonchev–Trinajstić information content (AvgIpc) is 2.56. The van der Waals surface area contributed by atoms with Crippen molar-refractivity contribution in [2.45, 2.75) is 23.3 Å². The van der Waals surface area contributed by atoms with Gasteiger partial charge in [-0.25, -0.2) is 0 Å². The van der Waals surface area contributed by atoms with Crippen molar-refractivity contribution in [3.05, 3.63) is 59.7 Å². The van der Waals surface area contributed by atoms with E-state index >= 15 is 0 Å². The van der Waals surface area contributed by atoms with Gasteiger partial charge in [-0.05, 0) is 60.6 Å². The van der Waals surface area contributed by atoms with Gasteiger partial charge in [-0.2, -0.15) is 22.0 Å². The molecular weight excluding hydrogens is 391 g/mol. The van der Waals surface area contributed by atoms with Crippen LogP contribution in [0.25, 0.3) is 0 Å². The molecule has 0 heterocycles. The number of rotatable bonds is 6. The average molecular weight is 406 g/mol. The maximum absolute atomic E-state index is 12.5. The van der Waals surface area contributed by atoms with E-state index in [2.05, 4.69) is 10.6 Å². The van der Waals surface area contributed by atoms with Gasteiger partial charge >= 0.3 is 6.18 Å². The predicted molar refractivity (Wildman–Crippen MR) is 97.7 cm³/mol. The lowest BCUT2D eigenvalue weighted by atomic mass is 10.1. The van der Waals surface area contributed by atoms with Gasteiger partial charge < -0.3 is 10.6 Å². The molecule has 140 valence electrons. The normalized spacial score (nSPS) is 11.5. The van der Waals surface area contributed by atoms with Gasteiger partial charge in [0.05, 0.1) is 5.56 Å². The van der Waals surface area contributed by atoms with E-state index in [0.717, 1.165) is 17.7 Å². The van der Waals surface area contributed by atoms with E-state index in [-0.39, 0.29) is 0 Å². The van der Waals surface area contributed by atoms with Gasteiger partial charge in [0.1, 0.15) is 0 Å². The summed E-state index contributed by atoms with van der Waals surface area (Å²) in [4.78, 5) is 0.451. The van der Waals surface area contributed by atoms with Crippen molar-refractivity contribution in [3.8, 4) is 0 Å². The van der Waals surface area contributed by atoms with Crippen LogP contribution in [0.2, 0.25) is 0 Å². The summed E-state index contributed by atoms with van der Waals surface area (Å²) in [6.45, 7) is 0.441. The maximum Gasteiger partial charge on any atom is 0.416 e. The monoisotopic (exact) mass is 406 g/mol. The maximum atomic E-state index is 12.5. The van der Waals surface area contributed by atoms with Gasteiger partial charge in [-0.1, -0.05) is 23.9 Å². The smallest absolute Gasteiger partial charge is 0.362 e. The van der Waals surface area contributed by atoms with Crippen LogP contribution in [0.5, 0.6) is 0 Å². The van der Waals surface area contributed by atoms with E-state index in [9.17, 15) is 22.0 Å². The van der Waals surface area contributed by atoms with Crippen LogP contribution < -0.4 is 10.6 Å². The van der Waals surface area contributed by atoms with Gasteiger partial charge in [0.25, 0.3) is 5.76 Å². The standard InChI is InChI=1S/C17H15F5N2S2/c18-15(19)26-14-7-5-13(6-8-14)24-16(25)23-10-9-11-1-3-12(4-2-11)17(20,21)22/h1-8,15H,9-10H2,(H2,23,24,25). The molecular formula is C17H15F5N2S2. The van der Waals surface area contributed by atoms with Crippen LogP contribution in [0, 0.1) is 0 Å². The number of benzene rings is 2. The summed E-state index contributed by atoms with van der Waals surface area (Å²) in [5.41, 5.74) is 0.720. The van der Waals surface area contributed by atoms with Crippen LogP contribution in [0.1, 0.15) is 11.1 Å². The van der Waals surface area contributed by atoms with Crippen LogP contribution in [-0.2, 0) is 12.6 Å². The van der Waals surface area contributed by atoms with Gasteiger partial charge in [0, 0.05) is 17.1 Å². The van der Waals surface area contributed by atoms with Gasteiger partial charge in [-0.3, -0.25) is 0 Å². The number of nitrogens with one attached hydrogen (secondary N) is 2. The van der Waals surface area contributed by atoms with Crippen LogP contribution in [0.3, 0.4) is 0 Å². The minimum Gasteiger partial charge on any atom is -0.362 e. The van der Waals surface area contributed by atoms with Crippen molar-refractivity contribution < 1.29 is 22.0 Å². The largest absolute Gasteiger partial charge is 0.416 e. The highest BCUT2D eigenvalue weighted by Crippen LogP contribution is 2.29. The summed E-state index contributed by atoms with van der Waals surface area (Å²) in [7, 11) is 0. The van der Waals surface area contributed by atoms with Crippen molar-refractivity contribution >= 4 is 34.8 Å². The van der Waals surface area contributed by atoms with E-state index in [4.69, 9.17) is 12.2 Å². The number of alkyl halides is 5. The molecule has 2 aromatic carbocycles. The second-order valence-electron chi connectivity index (χ2n) is 5.23. The number of hydrogen-bond donors (Lipinski definition) is 2. The second kappa shape index (κ2) is 9.18. The third-order valence-corrected chi connectivity index (χ3v) is 4.29. The number of hydrogen-bond acceptors (Lipinski definition) is 2. The molecule has 0 aliphatic rings. The minimum atomic E-state index is -4.34. The van der Waals surface area contributed by atoms with E-state index in [1.54, 1.807) is 24.3 Å². The first kappa shape index (κ1) is 20.4. The molecule has 2 N–H and O–H groups in total. The summed E-state index contributed by atoms with van der Waals surface area (Å²) in [5, 5.41) is 6.20. The van der Waals surface area contributed by atoms with Gasteiger partial charge in [0.15, 0.2) is 5.11 Å². The molecule has 0 fully saturated rings. The van der Waals surface area contributed by atoms with Gasteiger partial charge in [0.2, 0.25) is 0 Å². The molecule has 0 atom stereocenters. The molecule has 0 unspecified atom stereocenters. The zero-order valence-electron chi connectivity index (χ0n) is 13.3. The van der Waals surface area contributed by atoms with Crippen molar-refractivity contribution in [2.75, 3.05) is 11.9 Å². The van der Waals surface area contributed by atoms with Crippen LogP contribution in [0.15, 0.2) is 53.4 Å². The lowest BCUT2D eigenvalue weighted by Crippen LogP contribution is -2.30. The van der Waals surface area contributed by atoms with E-state index in [1.165, 1.54) is 12.1 Å². The summed E-state index contributed by atoms with van der Waals surface area (Å²) < 4.78 is 62.0.